The van der Waals surface area contributed by atoms with E-state index in [4.69, 9.17) is 0 Å². The molecule has 0 atom stereocenters. The fraction of sp³-hybridized carbons (Fsp3) is 0.200. The van der Waals surface area contributed by atoms with Gasteiger partial charge >= 0.3 is 0 Å². The molecule has 26 heavy (non-hydrogen) atoms. The van der Waals surface area contributed by atoms with Crippen molar-refractivity contribution >= 4 is 28.7 Å². The summed E-state index contributed by atoms with van der Waals surface area (Å²) in [5.41, 5.74) is 9.77. The Balaban J connectivity index is 1.64. The number of allylic oxidation sites excluding steroid dienone is 1. The van der Waals surface area contributed by atoms with Crippen LogP contribution in [0.15, 0.2) is 66.7 Å². The van der Waals surface area contributed by atoms with Crippen LogP contribution in [0.2, 0.25) is 0 Å². The molecule has 3 aromatic carbocycles. The summed E-state index contributed by atoms with van der Waals surface area (Å²) in [5.74, 6) is 0. The number of benzene rings is 3. The fourth-order valence-corrected chi connectivity index (χ4v) is 4.47. The van der Waals surface area contributed by atoms with Gasteiger partial charge in [-0.1, -0.05) is 74.5 Å². The Morgan fingerprint density at radius 1 is 0.885 bits per heavy atom. The minimum Gasteiger partial charge on any atom is -0.0795 e. The van der Waals surface area contributed by atoms with Gasteiger partial charge in [0.15, 0.2) is 0 Å². The molecule has 0 heterocycles. The van der Waals surface area contributed by atoms with Crippen LogP contribution in [0.5, 0.6) is 0 Å². The summed E-state index contributed by atoms with van der Waals surface area (Å²) >= 11 is 2.41. The lowest BCUT2D eigenvalue weighted by Gasteiger charge is -2.22. The van der Waals surface area contributed by atoms with E-state index in [9.17, 15) is 0 Å². The first kappa shape index (κ1) is 17.5. The zero-order valence-electron chi connectivity index (χ0n) is 15.5. The lowest BCUT2D eigenvalue weighted by atomic mass is 9.82. The third kappa shape index (κ3) is 3.03. The second kappa shape index (κ2) is 6.70. The second-order valence-electron chi connectivity index (χ2n) is 7.66. The van der Waals surface area contributed by atoms with Gasteiger partial charge in [0.25, 0.3) is 0 Å². The van der Waals surface area contributed by atoms with Crippen molar-refractivity contribution in [2.45, 2.75) is 32.6 Å². The monoisotopic (exact) mass is 450 g/mol. The van der Waals surface area contributed by atoms with Crippen molar-refractivity contribution in [2.24, 2.45) is 0 Å². The minimum atomic E-state index is 0.0710. The molecular formula is C25H23I. The highest BCUT2D eigenvalue weighted by Gasteiger charge is 2.35. The van der Waals surface area contributed by atoms with E-state index in [1.807, 2.05) is 0 Å². The minimum absolute atomic E-state index is 0.0710. The van der Waals surface area contributed by atoms with Gasteiger partial charge in [-0.25, -0.2) is 0 Å². The lowest BCUT2D eigenvalue weighted by molar-refractivity contribution is 0.659. The van der Waals surface area contributed by atoms with Gasteiger partial charge < -0.3 is 0 Å². The van der Waals surface area contributed by atoms with E-state index in [-0.39, 0.29) is 5.41 Å². The van der Waals surface area contributed by atoms with Crippen LogP contribution in [0, 0.1) is 10.5 Å². The van der Waals surface area contributed by atoms with E-state index in [0.29, 0.717) is 0 Å². The molecule has 4 rings (SSSR count). The summed E-state index contributed by atoms with van der Waals surface area (Å²) in [6, 6.07) is 22.4. The molecule has 130 valence electrons. The average Bonchev–Trinajstić information content (AvgIpc) is 2.84. The Bertz CT molecular complexity index is 1010. The van der Waals surface area contributed by atoms with Crippen molar-refractivity contribution in [3.05, 3.63) is 98.1 Å². The maximum absolute atomic E-state index is 2.41. The predicted molar refractivity (Wildman–Crippen MR) is 121 cm³/mol. The maximum Gasteiger partial charge on any atom is 0.0159 e. The van der Waals surface area contributed by atoms with E-state index >= 15 is 0 Å². The highest BCUT2D eigenvalue weighted by molar-refractivity contribution is 14.1. The first-order valence-corrected chi connectivity index (χ1v) is 10.2. The number of aryl methyl sites for hydroxylation is 1. The SMILES string of the molecule is Cc1ccccc1/C=C\Cc1ccc2c(c1)C(C)(C)c1cc(I)ccc1-2. The first-order chi connectivity index (χ1) is 12.5. The van der Waals surface area contributed by atoms with Crippen molar-refractivity contribution in [1.82, 2.24) is 0 Å². The third-order valence-electron chi connectivity index (χ3n) is 5.54. The van der Waals surface area contributed by atoms with E-state index in [0.717, 1.165) is 6.42 Å². The maximum atomic E-state index is 2.41. The zero-order chi connectivity index (χ0) is 18.3. The Kier molecular flexibility index (Phi) is 4.52. The molecule has 0 aromatic heterocycles. The molecule has 0 fully saturated rings. The number of halogens is 1. The standard InChI is InChI=1S/C25H23I/c1-17-7-4-5-9-19(17)10-6-8-18-11-13-21-22-14-12-20(26)16-24(22)25(2,3)23(21)15-18/h4-7,9-16H,8H2,1-3H3/b10-6-. The third-order valence-corrected chi connectivity index (χ3v) is 6.21. The van der Waals surface area contributed by atoms with Crippen LogP contribution in [-0.4, -0.2) is 0 Å². The molecule has 0 nitrogen and oxygen atoms in total. The molecule has 1 aliphatic carbocycles. The number of fused-ring (bicyclic) bond motifs is 3. The van der Waals surface area contributed by atoms with Crippen molar-refractivity contribution in [3.63, 3.8) is 0 Å². The number of hydrogen-bond donors (Lipinski definition) is 0. The van der Waals surface area contributed by atoms with Crippen LogP contribution in [0.4, 0.5) is 0 Å². The molecule has 1 aliphatic rings. The van der Waals surface area contributed by atoms with Crippen molar-refractivity contribution in [3.8, 4) is 11.1 Å². The molecule has 0 saturated heterocycles. The topological polar surface area (TPSA) is 0 Å². The Hall–Kier alpha value is -1.87. The molecule has 0 aliphatic heterocycles. The molecule has 0 spiro atoms. The summed E-state index contributed by atoms with van der Waals surface area (Å²) in [5, 5.41) is 0. The number of hydrogen-bond acceptors (Lipinski definition) is 0. The Labute approximate surface area is 170 Å². The second-order valence-corrected chi connectivity index (χ2v) is 8.90. The quantitative estimate of drug-likeness (QED) is 0.372. The van der Waals surface area contributed by atoms with Gasteiger partial charge in [-0.3, -0.25) is 0 Å². The first-order valence-electron chi connectivity index (χ1n) is 9.13. The van der Waals surface area contributed by atoms with Crippen LogP contribution in [-0.2, 0) is 11.8 Å². The largest absolute Gasteiger partial charge is 0.0795 e. The van der Waals surface area contributed by atoms with Gasteiger partial charge in [0, 0.05) is 8.99 Å². The van der Waals surface area contributed by atoms with Crippen molar-refractivity contribution < 1.29 is 0 Å². The van der Waals surface area contributed by atoms with Gasteiger partial charge in [-0.05, 0) is 87.0 Å². The normalized spacial score (nSPS) is 14.5. The predicted octanol–water partition coefficient (Wildman–Crippen LogP) is 7.16. The molecule has 0 radical (unpaired) electrons. The van der Waals surface area contributed by atoms with Gasteiger partial charge in [0.05, 0.1) is 0 Å². The summed E-state index contributed by atoms with van der Waals surface area (Å²) in [7, 11) is 0. The molecule has 0 amide bonds. The smallest absolute Gasteiger partial charge is 0.0159 e. The highest BCUT2D eigenvalue weighted by Crippen LogP contribution is 2.49. The van der Waals surface area contributed by atoms with Gasteiger partial charge in [0.1, 0.15) is 0 Å². The lowest BCUT2D eigenvalue weighted by Crippen LogP contribution is -2.15. The molecular weight excluding hydrogens is 427 g/mol. The number of rotatable bonds is 3. The highest BCUT2D eigenvalue weighted by atomic mass is 127. The van der Waals surface area contributed by atoms with Crippen LogP contribution < -0.4 is 0 Å². The summed E-state index contributed by atoms with van der Waals surface area (Å²) in [6.07, 6.45) is 5.48. The van der Waals surface area contributed by atoms with Crippen molar-refractivity contribution in [1.29, 1.82) is 0 Å². The average molecular weight is 450 g/mol. The summed E-state index contributed by atoms with van der Waals surface area (Å²) in [6.45, 7) is 6.86. The molecule has 0 unspecified atom stereocenters. The zero-order valence-corrected chi connectivity index (χ0v) is 17.7. The fourth-order valence-electron chi connectivity index (χ4n) is 3.98. The molecule has 0 N–H and O–H groups in total. The van der Waals surface area contributed by atoms with E-state index in [2.05, 4.69) is 116 Å². The van der Waals surface area contributed by atoms with Gasteiger partial charge in [-0.2, -0.15) is 0 Å². The van der Waals surface area contributed by atoms with E-state index in [1.165, 1.54) is 42.5 Å². The van der Waals surface area contributed by atoms with E-state index < -0.39 is 0 Å². The van der Waals surface area contributed by atoms with Crippen LogP contribution >= 0.6 is 22.6 Å². The summed E-state index contributed by atoms with van der Waals surface area (Å²) in [4.78, 5) is 0. The molecule has 0 saturated carbocycles. The Morgan fingerprint density at radius 2 is 1.58 bits per heavy atom. The molecule has 0 bridgehead atoms. The van der Waals surface area contributed by atoms with Crippen LogP contribution in [0.3, 0.4) is 0 Å². The molecule has 1 heteroatoms. The molecule has 3 aromatic rings. The van der Waals surface area contributed by atoms with Gasteiger partial charge in [-0.15, -0.1) is 0 Å². The van der Waals surface area contributed by atoms with Gasteiger partial charge in [0.2, 0.25) is 0 Å². The van der Waals surface area contributed by atoms with Crippen molar-refractivity contribution in [2.75, 3.05) is 0 Å². The Morgan fingerprint density at radius 3 is 2.35 bits per heavy atom. The van der Waals surface area contributed by atoms with Crippen LogP contribution in [0.25, 0.3) is 17.2 Å². The summed E-state index contributed by atoms with van der Waals surface area (Å²) < 4.78 is 1.31. The van der Waals surface area contributed by atoms with Crippen LogP contribution in [0.1, 0.15) is 41.7 Å². The van der Waals surface area contributed by atoms with E-state index in [1.54, 1.807) is 0 Å².